The first kappa shape index (κ1) is 14.0. The monoisotopic (exact) mass is 265 g/mol. The van der Waals surface area contributed by atoms with Crippen LogP contribution in [0.4, 0.5) is 4.39 Å². The van der Waals surface area contributed by atoms with Crippen molar-refractivity contribution in [3.63, 3.8) is 0 Å². The standard InChI is InChI=1S/C15H20FNO2/c1-10(11-4-5-11)17(2)9-14(18)13-8-12(16)6-7-15(13)19-3/h6-8,10-11H,4-5,9H2,1-3H3. The van der Waals surface area contributed by atoms with Crippen molar-refractivity contribution in [2.24, 2.45) is 5.92 Å². The molecule has 0 heterocycles. The third-order valence-corrected chi connectivity index (χ3v) is 3.85. The third-order valence-electron chi connectivity index (χ3n) is 3.85. The minimum Gasteiger partial charge on any atom is -0.496 e. The molecule has 2 rings (SSSR count). The number of carbonyl (C=O) groups excluding carboxylic acids is 1. The molecule has 0 saturated heterocycles. The van der Waals surface area contributed by atoms with Crippen LogP contribution in [-0.2, 0) is 0 Å². The summed E-state index contributed by atoms with van der Waals surface area (Å²) in [6.45, 7) is 2.42. The molecule has 1 aromatic carbocycles. The number of likely N-dealkylation sites (N-methyl/N-ethyl adjacent to an activating group) is 1. The molecule has 1 aromatic rings. The fourth-order valence-electron chi connectivity index (χ4n) is 2.29. The number of ketones is 1. The van der Waals surface area contributed by atoms with Crippen LogP contribution in [0.5, 0.6) is 5.75 Å². The Hall–Kier alpha value is -1.42. The van der Waals surface area contributed by atoms with Gasteiger partial charge in [-0.1, -0.05) is 0 Å². The van der Waals surface area contributed by atoms with Crippen LogP contribution >= 0.6 is 0 Å². The van der Waals surface area contributed by atoms with Gasteiger partial charge in [-0.25, -0.2) is 4.39 Å². The zero-order valence-corrected chi connectivity index (χ0v) is 11.6. The molecule has 1 atom stereocenters. The minimum atomic E-state index is -0.415. The smallest absolute Gasteiger partial charge is 0.180 e. The van der Waals surface area contributed by atoms with Crippen LogP contribution in [-0.4, -0.2) is 37.4 Å². The summed E-state index contributed by atoms with van der Waals surface area (Å²) in [6, 6.07) is 4.43. The zero-order valence-electron chi connectivity index (χ0n) is 11.6. The van der Waals surface area contributed by atoms with Gasteiger partial charge >= 0.3 is 0 Å². The molecule has 0 bridgehead atoms. The molecular weight excluding hydrogens is 245 g/mol. The van der Waals surface area contributed by atoms with Gasteiger partial charge in [-0.05, 0) is 50.9 Å². The van der Waals surface area contributed by atoms with Crippen molar-refractivity contribution in [1.29, 1.82) is 0 Å². The maximum absolute atomic E-state index is 13.3. The fourth-order valence-corrected chi connectivity index (χ4v) is 2.29. The molecule has 0 aliphatic heterocycles. The van der Waals surface area contributed by atoms with Crippen LogP contribution < -0.4 is 4.74 Å². The van der Waals surface area contributed by atoms with Crippen molar-refractivity contribution in [1.82, 2.24) is 4.90 Å². The van der Waals surface area contributed by atoms with Crippen molar-refractivity contribution < 1.29 is 13.9 Å². The molecule has 1 unspecified atom stereocenters. The van der Waals surface area contributed by atoms with Gasteiger partial charge in [-0.2, -0.15) is 0 Å². The topological polar surface area (TPSA) is 29.5 Å². The molecule has 0 aromatic heterocycles. The van der Waals surface area contributed by atoms with Gasteiger partial charge in [-0.15, -0.1) is 0 Å². The highest BCUT2D eigenvalue weighted by Crippen LogP contribution is 2.34. The number of nitrogens with zero attached hydrogens (tertiary/aromatic N) is 1. The number of Topliss-reactive ketones (excluding diaryl/α,β-unsaturated/α-hetero) is 1. The van der Waals surface area contributed by atoms with E-state index in [1.54, 1.807) is 0 Å². The molecule has 1 aliphatic carbocycles. The number of hydrogen-bond acceptors (Lipinski definition) is 3. The lowest BCUT2D eigenvalue weighted by Crippen LogP contribution is -2.35. The molecule has 19 heavy (non-hydrogen) atoms. The predicted molar refractivity (Wildman–Crippen MR) is 72.1 cm³/mol. The lowest BCUT2D eigenvalue weighted by Gasteiger charge is -2.24. The average Bonchev–Trinajstić information content (AvgIpc) is 3.21. The largest absolute Gasteiger partial charge is 0.496 e. The summed E-state index contributed by atoms with van der Waals surface area (Å²) in [5.41, 5.74) is 0.317. The van der Waals surface area contributed by atoms with Crippen LogP contribution in [0.25, 0.3) is 0 Å². The van der Waals surface area contributed by atoms with E-state index in [-0.39, 0.29) is 12.3 Å². The van der Waals surface area contributed by atoms with Gasteiger partial charge in [0.2, 0.25) is 0 Å². The van der Waals surface area contributed by atoms with E-state index in [9.17, 15) is 9.18 Å². The van der Waals surface area contributed by atoms with E-state index in [0.717, 1.165) is 0 Å². The second-order valence-electron chi connectivity index (χ2n) is 5.26. The minimum absolute atomic E-state index is 0.105. The molecule has 0 N–H and O–H groups in total. The summed E-state index contributed by atoms with van der Waals surface area (Å²) in [6.07, 6.45) is 2.48. The van der Waals surface area contributed by atoms with E-state index in [0.29, 0.717) is 23.3 Å². The summed E-state index contributed by atoms with van der Waals surface area (Å²) >= 11 is 0. The molecule has 0 spiro atoms. The lowest BCUT2D eigenvalue weighted by atomic mass is 10.1. The van der Waals surface area contributed by atoms with E-state index in [1.165, 1.54) is 38.2 Å². The van der Waals surface area contributed by atoms with Gasteiger partial charge in [-0.3, -0.25) is 9.69 Å². The number of carbonyl (C=O) groups is 1. The molecule has 3 nitrogen and oxygen atoms in total. The zero-order chi connectivity index (χ0) is 14.0. The first-order valence-electron chi connectivity index (χ1n) is 6.60. The molecular formula is C15H20FNO2. The second-order valence-corrected chi connectivity index (χ2v) is 5.26. The summed E-state index contributed by atoms with van der Waals surface area (Å²) in [5.74, 6) is 0.611. The average molecular weight is 265 g/mol. The van der Waals surface area contributed by atoms with Crippen molar-refractivity contribution in [2.75, 3.05) is 20.7 Å². The molecule has 1 saturated carbocycles. The van der Waals surface area contributed by atoms with Crippen LogP contribution in [0.3, 0.4) is 0 Å². The van der Waals surface area contributed by atoms with E-state index in [1.807, 2.05) is 11.9 Å². The van der Waals surface area contributed by atoms with Crippen molar-refractivity contribution >= 4 is 5.78 Å². The highest BCUT2D eigenvalue weighted by atomic mass is 19.1. The van der Waals surface area contributed by atoms with Crippen LogP contribution in [0, 0.1) is 11.7 Å². The van der Waals surface area contributed by atoms with Crippen LogP contribution in [0.1, 0.15) is 30.1 Å². The second kappa shape index (κ2) is 5.70. The Morgan fingerprint density at radius 2 is 2.21 bits per heavy atom. The molecule has 1 fully saturated rings. The number of rotatable bonds is 6. The quantitative estimate of drug-likeness (QED) is 0.741. The van der Waals surface area contributed by atoms with Gasteiger partial charge in [0, 0.05) is 6.04 Å². The number of hydrogen-bond donors (Lipinski definition) is 0. The Labute approximate surface area is 113 Å². The normalized spacial score (nSPS) is 16.5. The molecule has 0 radical (unpaired) electrons. The summed E-state index contributed by atoms with van der Waals surface area (Å²) < 4.78 is 18.4. The molecule has 1 aliphatic rings. The van der Waals surface area contributed by atoms with Gasteiger partial charge in [0.1, 0.15) is 11.6 Å². The van der Waals surface area contributed by atoms with E-state index in [2.05, 4.69) is 6.92 Å². The first-order chi connectivity index (χ1) is 9.02. The molecule has 4 heteroatoms. The van der Waals surface area contributed by atoms with Crippen molar-refractivity contribution in [2.45, 2.75) is 25.8 Å². The number of benzene rings is 1. The highest BCUT2D eigenvalue weighted by Gasteiger charge is 2.31. The van der Waals surface area contributed by atoms with Gasteiger partial charge in [0.15, 0.2) is 5.78 Å². The van der Waals surface area contributed by atoms with E-state index >= 15 is 0 Å². The Kier molecular flexibility index (Phi) is 4.20. The SMILES string of the molecule is COc1ccc(F)cc1C(=O)CN(C)C(C)C1CC1. The fraction of sp³-hybridized carbons (Fsp3) is 0.533. The van der Waals surface area contributed by atoms with E-state index < -0.39 is 5.82 Å². The highest BCUT2D eigenvalue weighted by molar-refractivity contribution is 6.00. The van der Waals surface area contributed by atoms with Gasteiger partial charge in [0.25, 0.3) is 0 Å². The third kappa shape index (κ3) is 3.32. The van der Waals surface area contributed by atoms with Gasteiger partial charge in [0.05, 0.1) is 19.2 Å². The molecule has 0 amide bonds. The Morgan fingerprint density at radius 1 is 1.53 bits per heavy atom. The Bertz CT molecular complexity index is 471. The van der Waals surface area contributed by atoms with Gasteiger partial charge < -0.3 is 4.74 Å². The summed E-state index contributed by atoms with van der Waals surface area (Å²) in [5, 5.41) is 0. The summed E-state index contributed by atoms with van der Waals surface area (Å²) in [7, 11) is 3.42. The number of halogens is 1. The molecule has 104 valence electrons. The van der Waals surface area contributed by atoms with Crippen molar-refractivity contribution in [3.05, 3.63) is 29.6 Å². The maximum Gasteiger partial charge on any atom is 0.180 e. The van der Waals surface area contributed by atoms with E-state index in [4.69, 9.17) is 4.74 Å². The first-order valence-corrected chi connectivity index (χ1v) is 6.60. The van der Waals surface area contributed by atoms with Crippen LogP contribution in [0.15, 0.2) is 18.2 Å². The van der Waals surface area contributed by atoms with Crippen molar-refractivity contribution in [3.8, 4) is 5.75 Å². The number of ether oxygens (including phenoxy) is 1. The lowest BCUT2D eigenvalue weighted by molar-refractivity contribution is 0.0913. The van der Waals surface area contributed by atoms with Crippen LogP contribution in [0.2, 0.25) is 0 Å². The maximum atomic E-state index is 13.3. The Morgan fingerprint density at radius 3 is 2.79 bits per heavy atom. The predicted octanol–water partition coefficient (Wildman–Crippen LogP) is 2.75. The number of methoxy groups -OCH3 is 1. The summed E-state index contributed by atoms with van der Waals surface area (Å²) in [4.78, 5) is 14.3. The Balaban J connectivity index is 2.08.